The Kier molecular flexibility index (Phi) is 4.71. The van der Waals surface area contributed by atoms with Gasteiger partial charge < -0.3 is 4.98 Å². The normalized spacial score (nSPS) is 16.1. The molecule has 1 aliphatic rings. The molecule has 3 aromatic carbocycles. The Balaban J connectivity index is 1.57. The number of hydrazone groups is 1. The number of rotatable bonds is 3. The van der Waals surface area contributed by atoms with Crippen LogP contribution >= 0.6 is 15.9 Å². The first-order valence-electron chi connectivity index (χ1n) is 9.77. The van der Waals surface area contributed by atoms with Crippen molar-refractivity contribution in [2.24, 2.45) is 5.10 Å². The van der Waals surface area contributed by atoms with Gasteiger partial charge in [0.25, 0.3) is 5.91 Å². The Morgan fingerprint density at radius 2 is 1.77 bits per heavy atom. The van der Waals surface area contributed by atoms with Crippen molar-refractivity contribution >= 4 is 38.6 Å². The van der Waals surface area contributed by atoms with E-state index in [1.54, 1.807) is 5.01 Å². The van der Waals surface area contributed by atoms with E-state index >= 15 is 0 Å². The summed E-state index contributed by atoms with van der Waals surface area (Å²) in [6, 6.07) is 23.4. The number of carbonyl (C=O) groups is 1. The van der Waals surface area contributed by atoms with Gasteiger partial charge in [0, 0.05) is 16.5 Å². The van der Waals surface area contributed by atoms with Gasteiger partial charge in [-0.2, -0.15) is 5.10 Å². The molecule has 0 radical (unpaired) electrons. The number of aromatic amines is 1. The van der Waals surface area contributed by atoms with Gasteiger partial charge >= 0.3 is 0 Å². The summed E-state index contributed by atoms with van der Waals surface area (Å²) in [6.07, 6.45) is 0.596. The number of H-pyrrole nitrogens is 1. The quantitative estimate of drug-likeness (QED) is 0.432. The van der Waals surface area contributed by atoms with Gasteiger partial charge in [0.15, 0.2) is 5.82 Å². The highest BCUT2D eigenvalue weighted by molar-refractivity contribution is 9.10. The molecule has 1 atom stereocenters. The van der Waals surface area contributed by atoms with Gasteiger partial charge in [-0.1, -0.05) is 58.4 Å². The molecule has 0 bridgehead atoms. The third kappa shape index (κ3) is 3.33. The molecule has 0 aliphatic carbocycles. The Labute approximate surface area is 182 Å². The van der Waals surface area contributed by atoms with Crippen LogP contribution in [0.25, 0.3) is 11.0 Å². The van der Waals surface area contributed by atoms with Crippen LogP contribution < -0.4 is 0 Å². The van der Waals surface area contributed by atoms with Gasteiger partial charge in [-0.05, 0) is 48.4 Å². The van der Waals surface area contributed by atoms with Crippen molar-refractivity contribution in [3.8, 4) is 0 Å². The van der Waals surface area contributed by atoms with Crippen molar-refractivity contribution in [1.29, 1.82) is 0 Å². The molecule has 4 aromatic rings. The summed E-state index contributed by atoms with van der Waals surface area (Å²) in [4.78, 5) is 21.5. The molecule has 0 saturated carbocycles. The first kappa shape index (κ1) is 18.8. The van der Waals surface area contributed by atoms with Gasteiger partial charge in [-0.3, -0.25) is 4.79 Å². The smallest absolute Gasteiger partial charge is 0.274 e. The third-order valence-corrected chi connectivity index (χ3v) is 5.94. The van der Waals surface area contributed by atoms with Gasteiger partial charge in [0.1, 0.15) is 5.71 Å². The SMILES string of the molecule is Cc1ccccc1C(=O)N1N=C(c2nc3ccccc3[nH]2)C[C@@H]1c1ccc(Br)cc1. The Morgan fingerprint density at radius 1 is 1.03 bits per heavy atom. The number of benzene rings is 3. The number of aryl methyl sites for hydroxylation is 1. The fraction of sp³-hybridized carbons (Fsp3) is 0.125. The van der Waals surface area contributed by atoms with E-state index in [2.05, 4.69) is 25.9 Å². The van der Waals surface area contributed by atoms with Crippen molar-refractivity contribution in [2.75, 3.05) is 0 Å². The summed E-state index contributed by atoms with van der Waals surface area (Å²) >= 11 is 3.49. The lowest BCUT2D eigenvalue weighted by atomic mass is 10.0. The van der Waals surface area contributed by atoms with Crippen LogP contribution in [0.2, 0.25) is 0 Å². The maximum absolute atomic E-state index is 13.4. The zero-order valence-electron chi connectivity index (χ0n) is 16.3. The fourth-order valence-corrected chi connectivity index (χ4v) is 4.08. The lowest BCUT2D eigenvalue weighted by molar-refractivity contribution is 0.0710. The molecule has 1 N–H and O–H groups in total. The summed E-state index contributed by atoms with van der Waals surface area (Å²) in [5, 5.41) is 6.35. The van der Waals surface area contributed by atoms with Crippen LogP contribution in [0.4, 0.5) is 0 Å². The molecule has 1 aliphatic heterocycles. The molecule has 0 saturated heterocycles. The minimum absolute atomic E-state index is 0.105. The highest BCUT2D eigenvalue weighted by Gasteiger charge is 2.35. The number of para-hydroxylation sites is 2. The molecule has 1 aromatic heterocycles. The summed E-state index contributed by atoms with van der Waals surface area (Å²) in [7, 11) is 0. The predicted octanol–water partition coefficient (Wildman–Crippen LogP) is 5.63. The number of imidazole rings is 1. The molecule has 1 amide bonds. The molecule has 5 nitrogen and oxygen atoms in total. The molecule has 148 valence electrons. The van der Waals surface area contributed by atoms with Crippen molar-refractivity contribution < 1.29 is 4.79 Å². The van der Waals surface area contributed by atoms with E-state index in [4.69, 9.17) is 5.10 Å². The van der Waals surface area contributed by atoms with Crippen LogP contribution in [0.3, 0.4) is 0 Å². The first-order chi connectivity index (χ1) is 14.6. The van der Waals surface area contributed by atoms with Gasteiger partial charge in [-0.25, -0.2) is 9.99 Å². The second-order valence-corrected chi connectivity index (χ2v) is 8.30. The van der Waals surface area contributed by atoms with Gasteiger partial charge in [0.05, 0.1) is 17.1 Å². The standard InChI is InChI=1S/C24H19BrN4O/c1-15-6-2-3-7-18(15)24(30)29-22(16-10-12-17(25)13-11-16)14-21(28-29)23-26-19-8-4-5-9-20(19)27-23/h2-13,22H,14H2,1H3,(H,26,27)/t22-/m1/s1. The number of nitrogens with zero attached hydrogens (tertiary/aromatic N) is 3. The molecular weight excluding hydrogens is 440 g/mol. The van der Waals surface area contributed by atoms with Crippen LogP contribution in [-0.4, -0.2) is 26.6 Å². The summed E-state index contributed by atoms with van der Waals surface area (Å²) < 4.78 is 0.999. The number of hydrogen-bond donors (Lipinski definition) is 1. The molecule has 0 fully saturated rings. The van der Waals surface area contributed by atoms with E-state index < -0.39 is 0 Å². The average Bonchev–Trinajstić information content (AvgIpc) is 3.39. The summed E-state index contributed by atoms with van der Waals surface area (Å²) in [6.45, 7) is 1.95. The summed E-state index contributed by atoms with van der Waals surface area (Å²) in [5.41, 5.74) is 5.26. The van der Waals surface area contributed by atoms with E-state index in [1.165, 1.54) is 0 Å². The van der Waals surface area contributed by atoms with E-state index in [-0.39, 0.29) is 11.9 Å². The zero-order chi connectivity index (χ0) is 20.7. The maximum atomic E-state index is 13.4. The highest BCUT2D eigenvalue weighted by Crippen LogP contribution is 2.34. The van der Waals surface area contributed by atoms with Crippen LogP contribution in [0, 0.1) is 6.92 Å². The highest BCUT2D eigenvalue weighted by atomic mass is 79.9. The number of aromatic nitrogens is 2. The van der Waals surface area contributed by atoms with Crippen LogP contribution in [0.5, 0.6) is 0 Å². The molecule has 6 heteroatoms. The predicted molar refractivity (Wildman–Crippen MR) is 121 cm³/mol. The number of carbonyl (C=O) groups excluding carboxylic acids is 1. The van der Waals surface area contributed by atoms with E-state index in [1.807, 2.05) is 79.7 Å². The lowest BCUT2D eigenvalue weighted by Gasteiger charge is -2.22. The molecular formula is C24H19BrN4O. The van der Waals surface area contributed by atoms with Crippen molar-refractivity contribution in [2.45, 2.75) is 19.4 Å². The minimum atomic E-state index is -0.187. The van der Waals surface area contributed by atoms with Crippen LogP contribution in [-0.2, 0) is 0 Å². The molecule has 0 spiro atoms. The largest absolute Gasteiger partial charge is 0.337 e. The molecule has 30 heavy (non-hydrogen) atoms. The van der Waals surface area contributed by atoms with Crippen molar-refractivity contribution in [3.63, 3.8) is 0 Å². The van der Waals surface area contributed by atoms with E-state index in [9.17, 15) is 4.79 Å². The fourth-order valence-electron chi connectivity index (χ4n) is 3.81. The average molecular weight is 459 g/mol. The van der Waals surface area contributed by atoms with E-state index in [0.29, 0.717) is 17.8 Å². The zero-order valence-corrected chi connectivity index (χ0v) is 17.9. The van der Waals surface area contributed by atoms with Crippen LogP contribution in [0.1, 0.15) is 39.8 Å². The Morgan fingerprint density at radius 3 is 2.53 bits per heavy atom. The first-order valence-corrected chi connectivity index (χ1v) is 10.6. The number of amides is 1. The second-order valence-electron chi connectivity index (χ2n) is 7.39. The number of hydrogen-bond acceptors (Lipinski definition) is 3. The summed E-state index contributed by atoms with van der Waals surface area (Å²) in [5.74, 6) is 0.602. The van der Waals surface area contributed by atoms with Crippen molar-refractivity contribution in [3.05, 3.63) is 99.8 Å². The number of fused-ring (bicyclic) bond motifs is 1. The molecule has 2 heterocycles. The van der Waals surface area contributed by atoms with Gasteiger partial charge in [-0.15, -0.1) is 0 Å². The van der Waals surface area contributed by atoms with Gasteiger partial charge in [0.2, 0.25) is 0 Å². The van der Waals surface area contributed by atoms with Crippen molar-refractivity contribution in [1.82, 2.24) is 15.0 Å². The minimum Gasteiger partial charge on any atom is -0.337 e. The Bertz CT molecular complexity index is 1240. The Hall–Kier alpha value is -3.25. The molecule has 0 unspecified atom stereocenters. The number of nitrogens with one attached hydrogen (secondary N) is 1. The third-order valence-electron chi connectivity index (χ3n) is 5.41. The second kappa shape index (κ2) is 7.54. The van der Waals surface area contributed by atoms with Crippen LogP contribution in [0.15, 0.2) is 82.4 Å². The maximum Gasteiger partial charge on any atom is 0.274 e. The molecule has 5 rings (SSSR count). The number of halogens is 1. The lowest BCUT2D eigenvalue weighted by Crippen LogP contribution is -2.27. The topological polar surface area (TPSA) is 61.4 Å². The monoisotopic (exact) mass is 458 g/mol. The van der Waals surface area contributed by atoms with E-state index in [0.717, 1.165) is 32.3 Å².